The standard InChI is InChI=1S/C42H30N2S/c1-2-3-4-11-28-24-27-12-5-6-13-31(27)36-25-29(18-20-32(28)36)41-42-35(22-23-43-41)37-26-30(19-21-40(37)45-42)44-38-16-9-7-14-33(38)34-15-8-10-17-39(34)44/h2-9,11-16,18-26H,10,17H2,1H3/b3-2-,11-4-. The zero-order valence-electron chi connectivity index (χ0n) is 25.0. The Morgan fingerprint density at radius 2 is 1.64 bits per heavy atom. The fraction of sp³-hybridized carbons (Fsp3) is 0.0714. The van der Waals surface area contributed by atoms with Crippen molar-refractivity contribution in [2.24, 2.45) is 0 Å². The average molecular weight is 595 g/mol. The molecule has 0 aliphatic heterocycles. The third-order valence-electron chi connectivity index (χ3n) is 9.22. The number of rotatable bonds is 4. The highest BCUT2D eigenvalue weighted by atomic mass is 32.1. The van der Waals surface area contributed by atoms with Gasteiger partial charge in [0.15, 0.2) is 0 Å². The van der Waals surface area contributed by atoms with Gasteiger partial charge >= 0.3 is 0 Å². The largest absolute Gasteiger partial charge is 0.313 e. The summed E-state index contributed by atoms with van der Waals surface area (Å²) in [6.45, 7) is 2.05. The lowest BCUT2D eigenvalue weighted by Gasteiger charge is -2.13. The molecule has 0 saturated heterocycles. The van der Waals surface area contributed by atoms with Gasteiger partial charge in [0.1, 0.15) is 0 Å². The number of fused-ring (bicyclic) bond motifs is 9. The van der Waals surface area contributed by atoms with E-state index in [1.807, 2.05) is 24.5 Å². The van der Waals surface area contributed by atoms with Gasteiger partial charge in [-0.3, -0.25) is 4.98 Å². The molecule has 8 aromatic rings. The maximum Gasteiger partial charge on any atom is 0.0880 e. The highest BCUT2D eigenvalue weighted by Crippen LogP contribution is 2.42. The predicted molar refractivity (Wildman–Crippen MR) is 196 cm³/mol. The van der Waals surface area contributed by atoms with Gasteiger partial charge in [0.2, 0.25) is 0 Å². The van der Waals surface area contributed by atoms with E-state index in [0.717, 1.165) is 24.1 Å². The van der Waals surface area contributed by atoms with Crippen LogP contribution in [-0.4, -0.2) is 9.55 Å². The highest BCUT2D eigenvalue weighted by molar-refractivity contribution is 7.26. The van der Waals surface area contributed by atoms with Gasteiger partial charge in [0.25, 0.3) is 0 Å². The molecule has 3 heterocycles. The van der Waals surface area contributed by atoms with E-state index in [-0.39, 0.29) is 0 Å². The van der Waals surface area contributed by atoms with Gasteiger partial charge < -0.3 is 4.57 Å². The molecule has 3 heteroatoms. The van der Waals surface area contributed by atoms with E-state index in [4.69, 9.17) is 4.98 Å². The summed E-state index contributed by atoms with van der Waals surface area (Å²) in [6.07, 6.45) is 17.2. The number of para-hydroxylation sites is 1. The number of nitrogens with zero attached hydrogens (tertiary/aromatic N) is 2. The molecule has 0 saturated carbocycles. The maximum absolute atomic E-state index is 4.99. The van der Waals surface area contributed by atoms with Gasteiger partial charge in [-0.25, -0.2) is 0 Å². The molecule has 214 valence electrons. The predicted octanol–water partition coefficient (Wildman–Crippen LogP) is 11.9. The second kappa shape index (κ2) is 10.4. The first kappa shape index (κ1) is 26.2. The van der Waals surface area contributed by atoms with E-state index in [0.29, 0.717) is 0 Å². The molecule has 9 rings (SSSR count). The first-order valence-electron chi connectivity index (χ1n) is 15.6. The molecule has 0 bridgehead atoms. The van der Waals surface area contributed by atoms with Gasteiger partial charge in [0, 0.05) is 49.6 Å². The van der Waals surface area contributed by atoms with Gasteiger partial charge in [-0.15, -0.1) is 11.3 Å². The van der Waals surface area contributed by atoms with Crippen LogP contribution in [0, 0.1) is 0 Å². The van der Waals surface area contributed by atoms with E-state index < -0.39 is 0 Å². The number of pyridine rings is 1. The Morgan fingerprint density at radius 3 is 2.58 bits per heavy atom. The van der Waals surface area contributed by atoms with Crippen LogP contribution in [0.1, 0.15) is 30.2 Å². The Kier molecular flexibility index (Phi) is 6.07. The second-order valence-electron chi connectivity index (χ2n) is 11.8. The summed E-state index contributed by atoms with van der Waals surface area (Å²) in [5.41, 5.74) is 8.69. The van der Waals surface area contributed by atoms with Crippen LogP contribution in [0.5, 0.6) is 0 Å². The molecule has 1 aliphatic rings. The number of thiophene rings is 1. The molecule has 0 N–H and O–H groups in total. The first-order valence-corrected chi connectivity index (χ1v) is 16.5. The van der Waals surface area contributed by atoms with Crippen molar-refractivity contribution in [1.29, 1.82) is 0 Å². The smallest absolute Gasteiger partial charge is 0.0880 e. The second-order valence-corrected chi connectivity index (χ2v) is 12.9. The highest BCUT2D eigenvalue weighted by Gasteiger charge is 2.20. The van der Waals surface area contributed by atoms with Crippen LogP contribution in [0.3, 0.4) is 0 Å². The summed E-state index contributed by atoms with van der Waals surface area (Å²) in [4.78, 5) is 4.99. The van der Waals surface area contributed by atoms with Crippen molar-refractivity contribution in [2.45, 2.75) is 19.8 Å². The number of hydrogen-bond donors (Lipinski definition) is 0. The van der Waals surface area contributed by atoms with E-state index >= 15 is 0 Å². The molecule has 45 heavy (non-hydrogen) atoms. The SMILES string of the molecule is C/C=C\C=C/c1cc2ccccc2c2cc(-c3nccc4c3sc3ccc(-n5c6c(c7ccccc75)C=CCC6)cc34)ccc12. The number of benzene rings is 5. The topological polar surface area (TPSA) is 17.8 Å². The van der Waals surface area contributed by atoms with Crippen LogP contribution in [0.15, 0.2) is 128 Å². The number of aromatic nitrogens is 2. The molecule has 0 spiro atoms. The summed E-state index contributed by atoms with van der Waals surface area (Å²) >= 11 is 1.85. The van der Waals surface area contributed by atoms with E-state index in [2.05, 4.69) is 138 Å². The molecule has 3 aromatic heterocycles. The van der Waals surface area contributed by atoms with Crippen LogP contribution < -0.4 is 0 Å². The van der Waals surface area contributed by atoms with Crippen molar-refractivity contribution in [3.8, 4) is 16.9 Å². The monoisotopic (exact) mass is 594 g/mol. The quantitative estimate of drug-likeness (QED) is 0.146. The van der Waals surface area contributed by atoms with Gasteiger partial charge in [-0.2, -0.15) is 0 Å². The molecule has 0 unspecified atom stereocenters. The summed E-state index contributed by atoms with van der Waals surface area (Å²) in [7, 11) is 0. The first-order chi connectivity index (χ1) is 22.3. The van der Waals surface area contributed by atoms with Crippen molar-refractivity contribution in [3.63, 3.8) is 0 Å². The lowest BCUT2D eigenvalue weighted by atomic mass is 9.94. The molecular weight excluding hydrogens is 565 g/mol. The molecule has 5 aromatic carbocycles. The summed E-state index contributed by atoms with van der Waals surface area (Å²) in [6, 6.07) is 35.8. The molecule has 2 nitrogen and oxygen atoms in total. The van der Waals surface area contributed by atoms with Gasteiger partial charge in [0.05, 0.1) is 15.9 Å². The van der Waals surface area contributed by atoms with Crippen LogP contribution in [0.4, 0.5) is 0 Å². The van der Waals surface area contributed by atoms with Crippen molar-refractivity contribution >= 4 is 76.1 Å². The molecule has 0 fully saturated rings. The Hall–Kier alpha value is -5.25. The van der Waals surface area contributed by atoms with Crippen LogP contribution in [0.2, 0.25) is 0 Å². The Labute approximate surface area is 265 Å². The lowest BCUT2D eigenvalue weighted by molar-refractivity contribution is 0.889. The Bertz CT molecular complexity index is 2550. The normalized spacial score (nSPS) is 13.4. The number of allylic oxidation sites excluding steroid dienone is 4. The zero-order chi connectivity index (χ0) is 29.9. The summed E-state index contributed by atoms with van der Waals surface area (Å²) in [5, 5.41) is 8.90. The molecule has 0 radical (unpaired) electrons. The Morgan fingerprint density at radius 1 is 0.756 bits per heavy atom. The molecule has 0 atom stereocenters. The van der Waals surface area contributed by atoms with Crippen molar-refractivity contribution < 1.29 is 0 Å². The van der Waals surface area contributed by atoms with Crippen molar-refractivity contribution in [1.82, 2.24) is 9.55 Å². The van der Waals surface area contributed by atoms with Gasteiger partial charge in [-0.05, 0) is 89.3 Å². The molecule has 0 amide bonds. The average Bonchev–Trinajstić information content (AvgIpc) is 3.64. The van der Waals surface area contributed by atoms with E-state index in [1.54, 1.807) is 0 Å². The zero-order valence-corrected chi connectivity index (χ0v) is 25.8. The van der Waals surface area contributed by atoms with Crippen LogP contribution >= 0.6 is 11.3 Å². The fourth-order valence-corrected chi connectivity index (χ4v) is 8.38. The van der Waals surface area contributed by atoms with Crippen LogP contribution in [-0.2, 0) is 6.42 Å². The lowest BCUT2D eigenvalue weighted by Crippen LogP contribution is -2.02. The minimum Gasteiger partial charge on any atom is -0.313 e. The maximum atomic E-state index is 4.99. The molecular formula is C42H30N2S. The van der Waals surface area contributed by atoms with Crippen LogP contribution in [0.25, 0.3) is 81.7 Å². The Balaban J connectivity index is 1.24. The minimum absolute atomic E-state index is 1.05. The fourth-order valence-electron chi connectivity index (χ4n) is 7.19. The third-order valence-corrected chi connectivity index (χ3v) is 10.4. The van der Waals surface area contributed by atoms with Crippen molar-refractivity contribution in [2.75, 3.05) is 0 Å². The number of hydrogen-bond acceptors (Lipinski definition) is 2. The van der Waals surface area contributed by atoms with E-state index in [9.17, 15) is 0 Å². The van der Waals surface area contributed by atoms with Crippen molar-refractivity contribution in [3.05, 3.63) is 144 Å². The molecule has 1 aliphatic carbocycles. The third kappa shape index (κ3) is 4.12. The minimum atomic E-state index is 1.05. The van der Waals surface area contributed by atoms with E-state index in [1.165, 1.54) is 75.1 Å². The summed E-state index contributed by atoms with van der Waals surface area (Å²) in [5.74, 6) is 0. The van der Waals surface area contributed by atoms with Gasteiger partial charge in [-0.1, -0.05) is 91.1 Å². The summed E-state index contributed by atoms with van der Waals surface area (Å²) < 4.78 is 5.01.